The summed E-state index contributed by atoms with van der Waals surface area (Å²) in [6.45, 7) is 5.58. The van der Waals surface area contributed by atoms with E-state index in [1.54, 1.807) is 0 Å². The molecule has 0 spiro atoms. The molecule has 1 saturated carbocycles. The molecule has 0 bridgehead atoms. The fourth-order valence-electron chi connectivity index (χ4n) is 3.73. The maximum Gasteiger partial charge on any atom is 0.0914 e. The average molecular weight is 323 g/mol. The van der Waals surface area contributed by atoms with E-state index in [9.17, 15) is 5.11 Å². The summed E-state index contributed by atoms with van der Waals surface area (Å²) in [6, 6.07) is 8.03. The molecule has 1 unspecified atom stereocenters. The largest absolute Gasteiger partial charge is 0.387 e. The van der Waals surface area contributed by atoms with E-state index in [1.165, 1.54) is 45.2 Å². The molecule has 0 aromatic heterocycles. The molecule has 1 atom stereocenters. The molecule has 0 amide bonds. The molecule has 22 heavy (non-hydrogen) atoms. The van der Waals surface area contributed by atoms with Crippen LogP contribution >= 0.6 is 11.6 Å². The van der Waals surface area contributed by atoms with Crippen molar-refractivity contribution >= 4 is 11.6 Å². The van der Waals surface area contributed by atoms with Crippen LogP contribution in [0.5, 0.6) is 0 Å². The first-order valence-corrected chi connectivity index (χ1v) is 8.87. The van der Waals surface area contributed by atoms with E-state index in [0.29, 0.717) is 23.1 Å². The highest BCUT2D eigenvalue weighted by Crippen LogP contribution is 2.36. The van der Waals surface area contributed by atoms with Crippen molar-refractivity contribution < 1.29 is 5.11 Å². The van der Waals surface area contributed by atoms with Crippen LogP contribution in [-0.4, -0.2) is 41.2 Å². The van der Waals surface area contributed by atoms with Crippen LogP contribution in [0.2, 0.25) is 5.02 Å². The van der Waals surface area contributed by atoms with Crippen LogP contribution in [0.15, 0.2) is 24.3 Å². The molecule has 122 valence electrons. The topological polar surface area (TPSA) is 35.5 Å². The predicted molar refractivity (Wildman–Crippen MR) is 91.3 cm³/mol. The van der Waals surface area contributed by atoms with Gasteiger partial charge in [-0.05, 0) is 69.8 Å². The van der Waals surface area contributed by atoms with Crippen LogP contribution in [0.1, 0.15) is 50.7 Å². The van der Waals surface area contributed by atoms with E-state index in [4.69, 9.17) is 11.6 Å². The van der Waals surface area contributed by atoms with E-state index in [0.717, 1.165) is 5.56 Å². The van der Waals surface area contributed by atoms with Gasteiger partial charge in [0.25, 0.3) is 0 Å². The Hall–Kier alpha value is -0.610. The van der Waals surface area contributed by atoms with Gasteiger partial charge in [0, 0.05) is 23.1 Å². The van der Waals surface area contributed by atoms with Gasteiger partial charge >= 0.3 is 0 Å². The normalized spacial score (nSPS) is 30.8. The minimum Gasteiger partial charge on any atom is -0.387 e. The maximum atomic E-state index is 10.3. The van der Waals surface area contributed by atoms with Gasteiger partial charge in [-0.25, -0.2) is 0 Å². The summed E-state index contributed by atoms with van der Waals surface area (Å²) in [5.41, 5.74) is 1.31. The molecule has 3 rings (SSSR count). The molecule has 1 aromatic rings. The SMILES string of the molecule is CC1(N2CCC2)CCC(NCC(O)c2cccc(Cl)c2)CC1. The minimum absolute atomic E-state index is 0.419. The summed E-state index contributed by atoms with van der Waals surface area (Å²) in [4.78, 5) is 2.64. The number of aliphatic hydroxyl groups is 1. The van der Waals surface area contributed by atoms with Gasteiger partial charge in [-0.3, -0.25) is 4.90 Å². The Morgan fingerprint density at radius 3 is 2.68 bits per heavy atom. The van der Waals surface area contributed by atoms with Gasteiger partial charge in [0.2, 0.25) is 0 Å². The van der Waals surface area contributed by atoms with Gasteiger partial charge in [-0.15, -0.1) is 0 Å². The van der Waals surface area contributed by atoms with Gasteiger partial charge in [-0.2, -0.15) is 0 Å². The van der Waals surface area contributed by atoms with Crippen molar-refractivity contribution in [2.24, 2.45) is 0 Å². The van der Waals surface area contributed by atoms with Crippen LogP contribution in [-0.2, 0) is 0 Å². The Labute approximate surface area is 138 Å². The van der Waals surface area contributed by atoms with Crippen LogP contribution in [0.3, 0.4) is 0 Å². The second-order valence-corrected chi connectivity index (χ2v) is 7.53. The molecule has 0 radical (unpaired) electrons. The Morgan fingerprint density at radius 1 is 1.36 bits per heavy atom. The van der Waals surface area contributed by atoms with E-state index in [-0.39, 0.29) is 0 Å². The van der Waals surface area contributed by atoms with E-state index >= 15 is 0 Å². The first-order chi connectivity index (χ1) is 10.6. The van der Waals surface area contributed by atoms with Crippen molar-refractivity contribution in [1.29, 1.82) is 0 Å². The highest BCUT2D eigenvalue weighted by atomic mass is 35.5. The molecule has 1 saturated heterocycles. The van der Waals surface area contributed by atoms with Crippen LogP contribution in [0.4, 0.5) is 0 Å². The Bertz CT molecular complexity index is 496. The van der Waals surface area contributed by atoms with Gasteiger partial charge in [-0.1, -0.05) is 23.7 Å². The summed E-state index contributed by atoms with van der Waals surface area (Å²) in [6.07, 6.45) is 5.81. The van der Waals surface area contributed by atoms with Crippen molar-refractivity contribution in [2.75, 3.05) is 19.6 Å². The van der Waals surface area contributed by atoms with Gasteiger partial charge in [0.15, 0.2) is 0 Å². The Balaban J connectivity index is 1.45. The second kappa shape index (κ2) is 6.88. The van der Waals surface area contributed by atoms with E-state index < -0.39 is 6.10 Å². The molecular formula is C18H27ClN2O. The molecule has 4 heteroatoms. The van der Waals surface area contributed by atoms with Gasteiger partial charge < -0.3 is 10.4 Å². The number of likely N-dealkylation sites (tertiary alicyclic amines) is 1. The second-order valence-electron chi connectivity index (χ2n) is 7.09. The molecular weight excluding hydrogens is 296 g/mol. The molecule has 1 heterocycles. The lowest BCUT2D eigenvalue weighted by Gasteiger charge is -2.50. The van der Waals surface area contributed by atoms with Crippen molar-refractivity contribution in [3.05, 3.63) is 34.9 Å². The zero-order valence-corrected chi connectivity index (χ0v) is 14.1. The van der Waals surface area contributed by atoms with Crippen LogP contribution in [0.25, 0.3) is 0 Å². The summed E-state index contributed by atoms with van der Waals surface area (Å²) in [7, 11) is 0. The Kier molecular flexibility index (Phi) is 5.08. The number of hydrogen-bond donors (Lipinski definition) is 2. The minimum atomic E-state index is -0.484. The number of nitrogens with zero attached hydrogens (tertiary/aromatic N) is 1. The third kappa shape index (κ3) is 3.65. The Morgan fingerprint density at radius 2 is 2.09 bits per heavy atom. The quantitative estimate of drug-likeness (QED) is 0.872. The molecule has 1 aliphatic carbocycles. The number of aliphatic hydroxyl groups excluding tert-OH is 1. The van der Waals surface area contributed by atoms with Crippen molar-refractivity contribution in [3.63, 3.8) is 0 Å². The summed E-state index contributed by atoms with van der Waals surface area (Å²) in [5, 5.41) is 14.5. The fraction of sp³-hybridized carbons (Fsp3) is 0.667. The molecule has 2 N–H and O–H groups in total. The van der Waals surface area contributed by atoms with Crippen molar-refractivity contribution in [3.8, 4) is 0 Å². The lowest BCUT2D eigenvalue weighted by Crippen LogP contribution is -2.56. The average Bonchev–Trinajstić information content (AvgIpc) is 2.44. The maximum absolute atomic E-state index is 10.3. The molecule has 3 nitrogen and oxygen atoms in total. The van der Waals surface area contributed by atoms with Gasteiger partial charge in [0.1, 0.15) is 0 Å². The summed E-state index contributed by atoms with van der Waals surface area (Å²) < 4.78 is 0. The van der Waals surface area contributed by atoms with E-state index in [1.807, 2.05) is 24.3 Å². The fourth-order valence-corrected chi connectivity index (χ4v) is 3.92. The lowest BCUT2D eigenvalue weighted by molar-refractivity contribution is 0.00775. The molecule has 2 aliphatic rings. The zero-order chi connectivity index (χ0) is 15.6. The molecule has 1 aliphatic heterocycles. The standard InChI is InChI=1S/C18H27ClN2O/c1-18(21-10-3-11-21)8-6-16(7-9-18)20-13-17(22)14-4-2-5-15(19)12-14/h2,4-5,12,16-17,20,22H,3,6-11,13H2,1H3. The van der Waals surface area contributed by atoms with Crippen LogP contribution < -0.4 is 5.32 Å². The summed E-state index contributed by atoms with van der Waals surface area (Å²) in [5.74, 6) is 0. The monoisotopic (exact) mass is 322 g/mol. The smallest absolute Gasteiger partial charge is 0.0914 e. The summed E-state index contributed by atoms with van der Waals surface area (Å²) >= 11 is 5.98. The number of halogens is 1. The number of hydrogen-bond acceptors (Lipinski definition) is 3. The molecule has 2 fully saturated rings. The predicted octanol–water partition coefficient (Wildman–Crippen LogP) is 3.37. The van der Waals surface area contributed by atoms with Gasteiger partial charge in [0.05, 0.1) is 6.10 Å². The van der Waals surface area contributed by atoms with Crippen LogP contribution in [0, 0.1) is 0 Å². The van der Waals surface area contributed by atoms with E-state index in [2.05, 4.69) is 17.1 Å². The number of rotatable bonds is 5. The third-order valence-electron chi connectivity index (χ3n) is 5.52. The van der Waals surface area contributed by atoms with Crippen molar-refractivity contribution in [1.82, 2.24) is 10.2 Å². The highest BCUT2D eigenvalue weighted by Gasteiger charge is 2.38. The third-order valence-corrected chi connectivity index (χ3v) is 5.75. The van der Waals surface area contributed by atoms with Crippen molar-refractivity contribution in [2.45, 2.75) is 56.7 Å². The lowest BCUT2D eigenvalue weighted by atomic mass is 9.78. The number of nitrogens with one attached hydrogen (secondary N) is 1. The molecule has 1 aromatic carbocycles. The first-order valence-electron chi connectivity index (χ1n) is 8.49. The zero-order valence-electron chi connectivity index (χ0n) is 13.4. The number of benzene rings is 1. The highest BCUT2D eigenvalue weighted by molar-refractivity contribution is 6.30. The first kappa shape index (κ1) is 16.3.